The molecule has 1 unspecified atom stereocenters. The third-order valence-corrected chi connectivity index (χ3v) is 2.74. The van der Waals surface area contributed by atoms with Crippen LogP contribution in [0.25, 0.3) is 0 Å². The predicted molar refractivity (Wildman–Crippen MR) is 69.6 cm³/mol. The Hall–Kier alpha value is -1.13. The highest BCUT2D eigenvalue weighted by Gasteiger charge is 2.15. The first-order chi connectivity index (χ1) is 8.04. The highest BCUT2D eigenvalue weighted by atomic mass is 35.5. The van der Waals surface area contributed by atoms with Gasteiger partial charge in [-0.05, 0) is 38.4 Å². The molecule has 0 fully saturated rings. The molecule has 0 amide bonds. The lowest BCUT2D eigenvalue weighted by atomic mass is 10.1. The van der Waals surface area contributed by atoms with Crippen LogP contribution in [0.3, 0.4) is 0 Å². The Morgan fingerprint density at radius 3 is 2.82 bits per heavy atom. The minimum atomic E-state index is -0.363. The minimum Gasteiger partial charge on any atom is -0.314 e. The molecule has 0 aliphatic heterocycles. The lowest BCUT2D eigenvalue weighted by molar-refractivity contribution is -0.385. The molecule has 5 heteroatoms. The standard InChI is InChI=1S/C12H17ClN2O2/c1-3-6-14-9(2)7-10-8-11(13)4-5-12(10)15(16)17/h4-5,8-9,14H,3,6-7H2,1-2H3. The van der Waals surface area contributed by atoms with Crippen LogP contribution in [0.5, 0.6) is 0 Å². The van der Waals surface area contributed by atoms with Crippen LogP contribution >= 0.6 is 11.6 Å². The van der Waals surface area contributed by atoms with Crippen LogP contribution < -0.4 is 5.32 Å². The van der Waals surface area contributed by atoms with Crippen molar-refractivity contribution < 1.29 is 4.92 Å². The average Bonchev–Trinajstić information content (AvgIpc) is 2.26. The molecule has 0 saturated carbocycles. The number of nitrogens with zero attached hydrogens (tertiary/aromatic N) is 1. The van der Waals surface area contributed by atoms with E-state index in [1.165, 1.54) is 6.07 Å². The first-order valence-corrected chi connectivity index (χ1v) is 6.08. The van der Waals surface area contributed by atoms with Gasteiger partial charge < -0.3 is 5.32 Å². The van der Waals surface area contributed by atoms with Crippen molar-refractivity contribution in [1.29, 1.82) is 0 Å². The van der Waals surface area contributed by atoms with Crippen molar-refractivity contribution in [2.24, 2.45) is 0 Å². The molecule has 0 aliphatic rings. The molecule has 94 valence electrons. The zero-order chi connectivity index (χ0) is 12.8. The zero-order valence-corrected chi connectivity index (χ0v) is 10.8. The Morgan fingerprint density at radius 1 is 1.53 bits per heavy atom. The number of hydrogen-bond donors (Lipinski definition) is 1. The zero-order valence-electron chi connectivity index (χ0n) is 10.1. The van der Waals surface area contributed by atoms with Crippen molar-refractivity contribution in [3.63, 3.8) is 0 Å². The average molecular weight is 257 g/mol. The summed E-state index contributed by atoms with van der Waals surface area (Å²) in [7, 11) is 0. The quantitative estimate of drug-likeness (QED) is 0.628. The van der Waals surface area contributed by atoms with Gasteiger partial charge in [-0.2, -0.15) is 0 Å². The number of nitro benzene ring substituents is 1. The molecular formula is C12H17ClN2O2. The van der Waals surface area contributed by atoms with Crippen LogP contribution in [0.4, 0.5) is 5.69 Å². The molecule has 0 radical (unpaired) electrons. The van der Waals surface area contributed by atoms with Gasteiger partial charge in [0.05, 0.1) is 4.92 Å². The first-order valence-electron chi connectivity index (χ1n) is 5.70. The number of nitrogens with one attached hydrogen (secondary N) is 1. The van der Waals surface area contributed by atoms with Crippen molar-refractivity contribution in [3.05, 3.63) is 38.9 Å². The van der Waals surface area contributed by atoms with Crippen LogP contribution in [0, 0.1) is 10.1 Å². The van der Waals surface area contributed by atoms with Crippen LogP contribution in [0.1, 0.15) is 25.8 Å². The van der Waals surface area contributed by atoms with Gasteiger partial charge in [0, 0.05) is 22.7 Å². The summed E-state index contributed by atoms with van der Waals surface area (Å²) in [5.74, 6) is 0. The lowest BCUT2D eigenvalue weighted by Gasteiger charge is -2.13. The highest BCUT2D eigenvalue weighted by molar-refractivity contribution is 6.30. The summed E-state index contributed by atoms with van der Waals surface area (Å²) in [6.07, 6.45) is 1.65. The number of halogens is 1. The maximum atomic E-state index is 10.9. The largest absolute Gasteiger partial charge is 0.314 e. The molecule has 1 rings (SSSR count). The summed E-state index contributed by atoms with van der Waals surface area (Å²) >= 11 is 5.87. The van der Waals surface area contributed by atoms with E-state index in [4.69, 9.17) is 11.6 Å². The van der Waals surface area contributed by atoms with Gasteiger partial charge in [0.15, 0.2) is 0 Å². The number of benzene rings is 1. The van der Waals surface area contributed by atoms with Gasteiger partial charge in [-0.3, -0.25) is 10.1 Å². The lowest BCUT2D eigenvalue weighted by Crippen LogP contribution is -2.28. The van der Waals surface area contributed by atoms with Crippen molar-refractivity contribution in [2.75, 3.05) is 6.54 Å². The Kier molecular flexibility index (Phi) is 5.38. The first kappa shape index (κ1) is 13.9. The van der Waals surface area contributed by atoms with Gasteiger partial charge in [0.2, 0.25) is 0 Å². The van der Waals surface area contributed by atoms with Gasteiger partial charge in [0.1, 0.15) is 0 Å². The number of rotatable bonds is 6. The van der Waals surface area contributed by atoms with Crippen LogP contribution in [0.15, 0.2) is 18.2 Å². The van der Waals surface area contributed by atoms with E-state index >= 15 is 0 Å². The summed E-state index contributed by atoms with van der Waals surface area (Å²) < 4.78 is 0. The predicted octanol–water partition coefficient (Wildman–Crippen LogP) is 3.18. The molecule has 4 nitrogen and oxygen atoms in total. The van der Waals surface area contributed by atoms with Crippen molar-refractivity contribution >= 4 is 17.3 Å². The monoisotopic (exact) mass is 256 g/mol. The molecule has 0 aromatic heterocycles. The van der Waals surface area contributed by atoms with E-state index in [-0.39, 0.29) is 16.7 Å². The maximum Gasteiger partial charge on any atom is 0.272 e. The van der Waals surface area contributed by atoms with E-state index in [2.05, 4.69) is 12.2 Å². The second-order valence-corrected chi connectivity index (χ2v) is 4.53. The summed E-state index contributed by atoms with van der Waals surface area (Å²) in [6, 6.07) is 4.88. The second-order valence-electron chi connectivity index (χ2n) is 4.09. The van der Waals surface area contributed by atoms with Gasteiger partial charge in [0.25, 0.3) is 5.69 Å². The van der Waals surface area contributed by atoms with Crippen molar-refractivity contribution in [3.8, 4) is 0 Å². The number of hydrogen-bond acceptors (Lipinski definition) is 3. The van der Waals surface area contributed by atoms with Gasteiger partial charge in [-0.25, -0.2) is 0 Å². The molecular weight excluding hydrogens is 240 g/mol. The Balaban J connectivity index is 2.81. The SMILES string of the molecule is CCCNC(C)Cc1cc(Cl)ccc1[N+](=O)[O-]. The Morgan fingerprint density at radius 2 is 2.24 bits per heavy atom. The van der Waals surface area contributed by atoms with Crippen molar-refractivity contribution in [2.45, 2.75) is 32.7 Å². The summed E-state index contributed by atoms with van der Waals surface area (Å²) in [5, 5.41) is 14.7. The summed E-state index contributed by atoms with van der Waals surface area (Å²) in [4.78, 5) is 10.5. The molecule has 17 heavy (non-hydrogen) atoms. The molecule has 1 N–H and O–H groups in total. The van der Waals surface area contributed by atoms with Crippen LogP contribution in [-0.2, 0) is 6.42 Å². The molecule has 0 aliphatic carbocycles. The minimum absolute atomic E-state index is 0.138. The smallest absolute Gasteiger partial charge is 0.272 e. The Bertz CT molecular complexity index is 396. The van der Waals surface area contributed by atoms with Gasteiger partial charge >= 0.3 is 0 Å². The molecule has 1 aromatic carbocycles. The van der Waals surface area contributed by atoms with E-state index in [9.17, 15) is 10.1 Å². The Labute approximate surface area is 106 Å². The van der Waals surface area contributed by atoms with Gasteiger partial charge in [-0.1, -0.05) is 18.5 Å². The normalized spacial score (nSPS) is 12.4. The van der Waals surface area contributed by atoms with Crippen LogP contribution in [-0.4, -0.2) is 17.5 Å². The number of nitro groups is 1. The molecule has 0 saturated heterocycles. The molecule has 1 atom stereocenters. The fraction of sp³-hybridized carbons (Fsp3) is 0.500. The summed E-state index contributed by atoms with van der Waals surface area (Å²) in [6.45, 7) is 5.01. The molecule has 0 bridgehead atoms. The fourth-order valence-corrected chi connectivity index (χ4v) is 1.88. The van der Waals surface area contributed by atoms with Crippen molar-refractivity contribution in [1.82, 2.24) is 5.32 Å². The third kappa shape index (κ3) is 4.32. The maximum absolute atomic E-state index is 10.9. The topological polar surface area (TPSA) is 55.2 Å². The highest BCUT2D eigenvalue weighted by Crippen LogP contribution is 2.23. The van der Waals surface area contributed by atoms with E-state index in [0.29, 0.717) is 17.0 Å². The molecule has 1 aromatic rings. The van der Waals surface area contributed by atoms with Crippen LogP contribution in [0.2, 0.25) is 5.02 Å². The summed E-state index contributed by atoms with van der Waals surface area (Å²) in [5.41, 5.74) is 0.818. The van der Waals surface area contributed by atoms with E-state index in [0.717, 1.165) is 13.0 Å². The van der Waals surface area contributed by atoms with E-state index < -0.39 is 0 Å². The third-order valence-electron chi connectivity index (χ3n) is 2.51. The van der Waals surface area contributed by atoms with Gasteiger partial charge in [-0.15, -0.1) is 0 Å². The molecule has 0 heterocycles. The van der Waals surface area contributed by atoms with E-state index in [1.807, 2.05) is 6.92 Å². The second kappa shape index (κ2) is 6.57. The molecule has 0 spiro atoms. The fourth-order valence-electron chi connectivity index (χ4n) is 1.69. The van der Waals surface area contributed by atoms with E-state index in [1.54, 1.807) is 12.1 Å².